The summed E-state index contributed by atoms with van der Waals surface area (Å²) in [4.78, 5) is 12.8. The summed E-state index contributed by atoms with van der Waals surface area (Å²) in [5, 5.41) is 7.51. The molecule has 2 aromatic rings. The van der Waals surface area contributed by atoms with E-state index in [-0.39, 0.29) is 5.91 Å². The molecule has 1 aromatic heterocycles. The van der Waals surface area contributed by atoms with E-state index >= 15 is 0 Å². The van der Waals surface area contributed by atoms with Gasteiger partial charge in [0, 0.05) is 18.4 Å². The summed E-state index contributed by atoms with van der Waals surface area (Å²) in [6.45, 7) is 2.79. The molecule has 25 heavy (non-hydrogen) atoms. The number of nitrogens with one attached hydrogen (secondary N) is 1. The standard InChI is InChI=1S/C20H26IN3O/c1-2-24-14-17(19(21)23-24)20(25)22-18-13-9-8-12-16(18)15-10-6-4-3-5-7-11-15/h8-9,12-15H,2-7,10-11H2,1H3,(H,22,25). The van der Waals surface area contributed by atoms with Crippen molar-refractivity contribution in [3.05, 3.63) is 45.3 Å². The molecule has 0 radical (unpaired) electrons. The van der Waals surface area contributed by atoms with Gasteiger partial charge in [0.2, 0.25) is 0 Å². The second-order valence-corrected chi connectivity index (χ2v) is 7.79. The van der Waals surface area contributed by atoms with Gasteiger partial charge in [0.1, 0.15) is 3.70 Å². The van der Waals surface area contributed by atoms with Crippen LogP contribution in [0, 0.1) is 3.70 Å². The third kappa shape index (κ3) is 4.63. The number of rotatable bonds is 4. The normalized spacial score (nSPS) is 16.2. The molecule has 0 saturated heterocycles. The van der Waals surface area contributed by atoms with Gasteiger partial charge in [-0.3, -0.25) is 9.48 Å². The van der Waals surface area contributed by atoms with Crippen LogP contribution in [0.15, 0.2) is 30.5 Å². The number of anilines is 1. The summed E-state index contributed by atoms with van der Waals surface area (Å²) in [6.07, 6.45) is 10.9. The molecular formula is C20H26IN3O. The highest BCUT2D eigenvalue weighted by Gasteiger charge is 2.20. The lowest BCUT2D eigenvalue weighted by molar-refractivity contribution is 0.102. The summed E-state index contributed by atoms with van der Waals surface area (Å²) in [5.41, 5.74) is 2.89. The lowest BCUT2D eigenvalue weighted by Crippen LogP contribution is -2.15. The van der Waals surface area contributed by atoms with E-state index in [2.05, 4.69) is 45.1 Å². The van der Waals surface area contributed by atoms with Crippen LogP contribution in [0.2, 0.25) is 0 Å². The fourth-order valence-electron chi connectivity index (χ4n) is 3.64. The number of halogens is 1. The molecule has 1 aliphatic rings. The number of nitrogens with zero attached hydrogens (tertiary/aromatic N) is 2. The monoisotopic (exact) mass is 451 g/mol. The maximum Gasteiger partial charge on any atom is 0.259 e. The van der Waals surface area contributed by atoms with Crippen molar-refractivity contribution in [1.82, 2.24) is 9.78 Å². The molecule has 0 aliphatic heterocycles. The number of aromatic nitrogens is 2. The molecule has 1 fully saturated rings. The molecule has 1 aromatic carbocycles. The van der Waals surface area contributed by atoms with Crippen molar-refractivity contribution < 1.29 is 4.79 Å². The van der Waals surface area contributed by atoms with Crippen LogP contribution >= 0.6 is 22.6 Å². The lowest BCUT2D eigenvalue weighted by atomic mass is 9.85. The van der Waals surface area contributed by atoms with Crippen molar-refractivity contribution in [2.24, 2.45) is 0 Å². The molecule has 3 rings (SSSR count). The van der Waals surface area contributed by atoms with Crippen LogP contribution < -0.4 is 5.32 Å². The van der Waals surface area contributed by atoms with E-state index in [1.807, 2.05) is 25.3 Å². The van der Waals surface area contributed by atoms with Crippen LogP contribution in [0.25, 0.3) is 0 Å². The highest BCUT2D eigenvalue weighted by Crippen LogP contribution is 2.35. The van der Waals surface area contributed by atoms with Gasteiger partial charge in [0.05, 0.1) is 5.56 Å². The Labute approximate surface area is 163 Å². The van der Waals surface area contributed by atoms with Crippen LogP contribution in [-0.2, 0) is 6.54 Å². The molecule has 134 valence electrons. The van der Waals surface area contributed by atoms with E-state index < -0.39 is 0 Å². The van der Waals surface area contributed by atoms with E-state index in [1.54, 1.807) is 4.68 Å². The molecule has 0 bridgehead atoms. The zero-order valence-electron chi connectivity index (χ0n) is 14.8. The molecule has 1 aliphatic carbocycles. The van der Waals surface area contributed by atoms with Crippen LogP contribution in [0.4, 0.5) is 5.69 Å². The number of hydrogen-bond acceptors (Lipinski definition) is 2. The Morgan fingerprint density at radius 2 is 1.88 bits per heavy atom. The quantitative estimate of drug-likeness (QED) is 0.617. The minimum absolute atomic E-state index is 0.0672. The second kappa shape index (κ2) is 8.83. The Balaban J connectivity index is 1.80. The van der Waals surface area contributed by atoms with Crippen LogP contribution in [-0.4, -0.2) is 15.7 Å². The number of carbonyl (C=O) groups is 1. The fourth-order valence-corrected chi connectivity index (χ4v) is 4.30. The molecule has 5 heteroatoms. The molecule has 0 spiro atoms. The molecule has 1 N–H and O–H groups in total. The zero-order valence-corrected chi connectivity index (χ0v) is 17.0. The van der Waals surface area contributed by atoms with Gasteiger partial charge in [-0.1, -0.05) is 50.3 Å². The van der Waals surface area contributed by atoms with Crippen molar-refractivity contribution in [1.29, 1.82) is 0 Å². The Bertz CT molecular complexity index is 717. The molecule has 0 unspecified atom stereocenters. The number of carbonyl (C=O) groups excluding carboxylic acids is 1. The number of para-hydroxylation sites is 1. The molecule has 1 amide bonds. The van der Waals surface area contributed by atoms with E-state index in [9.17, 15) is 4.79 Å². The molecule has 1 heterocycles. The third-order valence-corrected chi connectivity index (χ3v) is 5.84. The number of aryl methyl sites for hydroxylation is 1. The smallest absolute Gasteiger partial charge is 0.259 e. The minimum atomic E-state index is -0.0672. The maximum atomic E-state index is 12.8. The first-order valence-electron chi connectivity index (χ1n) is 9.32. The summed E-state index contributed by atoms with van der Waals surface area (Å²) >= 11 is 2.13. The summed E-state index contributed by atoms with van der Waals surface area (Å²) < 4.78 is 2.55. The van der Waals surface area contributed by atoms with Crippen molar-refractivity contribution in [2.75, 3.05) is 5.32 Å². The minimum Gasteiger partial charge on any atom is -0.322 e. The SMILES string of the molecule is CCn1cc(C(=O)Nc2ccccc2C2CCCCCCC2)c(I)n1. The highest BCUT2D eigenvalue weighted by atomic mass is 127. The number of amides is 1. The lowest BCUT2D eigenvalue weighted by Gasteiger charge is -2.22. The van der Waals surface area contributed by atoms with Crippen molar-refractivity contribution in [3.63, 3.8) is 0 Å². The van der Waals surface area contributed by atoms with Gasteiger partial charge in [0.25, 0.3) is 5.91 Å². The van der Waals surface area contributed by atoms with E-state index in [0.29, 0.717) is 11.5 Å². The van der Waals surface area contributed by atoms with Crippen LogP contribution in [0.3, 0.4) is 0 Å². The average Bonchev–Trinajstić information content (AvgIpc) is 2.97. The van der Waals surface area contributed by atoms with Gasteiger partial charge in [-0.2, -0.15) is 5.10 Å². The fraction of sp³-hybridized carbons (Fsp3) is 0.500. The molecule has 0 atom stereocenters. The van der Waals surface area contributed by atoms with Crippen molar-refractivity contribution in [2.45, 2.75) is 64.3 Å². The van der Waals surface area contributed by atoms with Gasteiger partial charge in [-0.05, 0) is 59.9 Å². The topological polar surface area (TPSA) is 46.9 Å². The van der Waals surface area contributed by atoms with E-state index in [0.717, 1.165) is 15.9 Å². The zero-order chi connectivity index (χ0) is 17.6. The summed E-state index contributed by atoms with van der Waals surface area (Å²) in [6, 6.07) is 8.30. The Morgan fingerprint density at radius 1 is 1.20 bits per heavy atom. The molecule has 4 nitrogen and oxygen atoms in total. The van der Waals surface area contributed by atoms with Crippen molar-refractivity contribution >= 4 is 34.2 Å². The number of benzene rings is 1. The molecular weight excluding hydrogens is 425 g/mol. The Kier molecular flexibility index (Phi) is 6.51. The van der Waals surface area contributed by atoms with Gasteiger partial charge < -0.3 is 5.32 Å². The van der Waals surface area contributed by atoms with Gasteiger partial charge >= 0.3 is 0 Å². The first-order chi connectivity index (χ1) is 12.2. The van der Waals surface area contributed by atoms with Gasteiger partial charge in [-0.25, -0.2) is 0 Å². The second-order valence-electron chi connectivity index (χ2n) is 6.77. The van der Waals surface area contributed by atoms with Crippen LogP contribution in [0.5, 0.6) is 0 Å². The molecule has 1 saturated carbocycles. The van der Waals surface area contributed by atoms with Gasteiger partial charge in [-0.15, -0.1) is 0 Å². The van der Waals surface area contributed by atoms with E-state index in [1.165, 1.54) is 50.5 Å². The Hall–Kier alpha value is -1.37. The first-order valence-corrected chi connectivity index (χ1v) is 10.4. The highest BCUT2D eigenvalue weighted by molar-refractivity contribution is 14.1. The van der Waals surface area contributed by atoms with Crippen LogP contribution in [0.1, 0.15) is 73.7 Å². The average molecular weight is 451 g/mol. The summed E-state index contributed by atoms with van der Waals surface area (Å²) in [5.74, 6) is 0.483. The predicted octanol–water partition coefficient (Wildman–Crippen LogP) is 5.59. The predicted molar refractivity (Wildman–Crippen MR) is 110 cm³/mol. The maximum absolute atomic E-state index is 12.8. The van der Waals surface area contributed by atoms with Crippen molar-refractivity contribution in [3.8, 4) is 0 Å². The Morgan fingerprint density at radius 3 is 2.56 bits per heavy atom. The largest absolute Gasteiger partial charge is 0.322 e. The summed E-state index contributed by atoms with van der Waals surface area (Å²) in [7, 11) is 0. The first kappa shape index (κ1) is 18.4. The number of hydrogen-bond donors (Lipinski definition) is 1. The third-order valence-electron chi connectivity index (χ3n) is 5.04. The van der Waals surface area contributed by atoms with E-state index in [4.69, 9.17) is 0 Å². The van der Waals surface area contributed by atoms with Gasteiger partial charge in [0.15, 0.2) is 0 Å².